The average Bonchev–Trinajstić information content (AvgIpc) is 2.86. The molecule has 1 aromatic rings. The molecule has 1 aliphatic rings. The first-order valence-electron chi connectivity index (χ1n) is 6.72. The fourth-order valence-electron chi connectivity index (χ4n) is 2.30. The maximum Gasteiger partial charge on any atom is 0.185 e. The van der Waals surface area contributed by atoms with Crippen LogP contribution in [0.15, 0.2) is 6.20 Å². The lowest BCUT2D eigenvalue weighted by molar-refractivity contribution is 0.139. The van der Waals surface area contributed by atoms with Gasteiger partial charge in [0.2, 0.25) is 0 Å². The van der Waals surface area contributed by atoms with Gasteiger partial charge in [-0.2, -0.15) is 0 Å². The topological polar surface area (TPSA) is 37.4 Å². The monoisotopic (exact) mass is 269 g/mol. The van der Waals surface area contributed by atoms with Gasteiger partial charge in [-0.15, -0.1) is 11.3 Å². The summed E-state index contributed by atoms with van der Waals surface area (Å²) in [6.45, 7) is 7.20. The maximum atomic E-state index is 5.23. The number of methoxy groups -OCH3 is 1. The summed E-state index contributed by atoms with van der Waals surface area (Å²) in [6, 6.07) is 0. The molecule has 2 rings (SSSR count). The molecule has 0 amide bonds. The molecule has 0 bridgehead atoms. The van der Waals surface area contributed by atoms with Gasteiger partial charge in [0.1, 0.15) is 0 Å². The number of hydrogen-bond acceptors (Lipinski definition) is 5. The van der Waals surface area contributed by atoms with E-state index < -0.39 is 0 Å². The molecule has 102 valence electrons. The number of rotatable bonds is 6. The van der Waals surface area contributed by atoms with Crippen LogP contribution in [0.5, 0.6) is 0 Å². The van der Waals surface area contributed by atoms with E-state index in [-0.39, 0.29) is 0 Å². The summed E-state index contributed by atoms with van der Waals surface area (Å²) in [5.41, 5.74) is 0. The minimum absolute atomic E-state index is 0.729. The zero-order valence-corrected chi connectivity index (χ0v) is 12.1. The van der Waals surface area contributed by atoms with E-state index in [0.717, 1.165) is 38.7 Å². The predicted molar refractivity (Wildman–Crippen MR) is 76.3 cm³/mol. The summed E-state index contributed by atoms with van der Waals surface area (Å²) in [6.07, 6.45) is 4.44. The minimum Gasteiger partial charge on any atom is -0.384 e. The number of hydrogen-bond donors (Lipinski definition) is 1. The first kappa shape index (κ1) is 13.8. The largest absolute Gasteiger partial charge is 0.384 e. The normalized spacial score (nSPS) is 17.3. The second-order valence-corrected chi connectivity index (χ2v) is 5.87. The summed E-state index contributed by atoms with van der Waals surface area (Å²) in [5.74, 6) is 0.729. The van der Waals surface area contributed by atoms with Crippen molar-refractivity contribution in [2.75, 3.05) is 38.3 Å². The Morgan fingerprint density at radius 3 is 2.94 bits per heavy atom. The lowest BCUT2D eigenvalue weighted by atomic mass is 9.98. The molecule has 0 aliphatic carbocycles. The molecule has 0 unspecified atom stereocenters. The Bertz CT molecular complexity index is 348. The number of piperidine rings is 1. The molecule has 0 saturated carbocycles. The number of anilines is 1. The van der Waals surface area contributed by atoms with Crippen molar-refractivity contribution in [1.82, 2.24) is 10.3 Å². The lowest BCUT2D eigenvalue weighted by Gasteiger charge is -2.31. The third kappa shape index (κ3) is 3.67. The SMILES string of the molecule is CCNCc1cnc(N2CCC(COC)CC2)s1. The van der Waals surface area contributed by atoms with Crippen LogP contribution in [0.2, 0.25) is 0 Å². The molecule has 2 heterocycles. The van der Waals surface area contributed by atoms with Gasteiger partial charge in [0.05, 0.1) is 0 Å². The predicted octanol–water partition coefficient (Wildman–Crippen LogP) is 2.12. The Kier molecular flexibility index (Phi) is 5.41. The highest BCUT2D eigenvalue weighted by molar-refractivity contribution is 7.15. The standard InChI is InChI=1S/C13H23N3OS/c1-3-14-8-12-9-15-13(18-12)16-6-4-11(5-7-16)10-17-2/h9,11,14H,3-8,10H2,1-2H3. The van der Waals surface area contributed by atoms with Crippen LogP contribution in [0, 0.1) is 5.92 Å². The lowest BCUT2D eigenvalue weighted by Crippen LogP contribution is -2.34. The zero-order chi connectivity index (χ0) is 12.8. The molecule has 0 spiro atoms. The second kappa shape index (κ2) is 7.07. The smallest absolute Gasteiger partial charge is 0.185 e. The third-order valence-electron chi connectivity index (χ3n) is 3.38. The Hall–Kier alpha value is -0.650. The van der Waals surface area contributed by atoms with E-state index in [1.54, 1.807) is 7.11 Å². The fraction of sp³-hybridized carbons (Fsp3) is 0.769. The summed E-state index contributed by atoms with van der Waals surface area (Å²) in [4.78, 5) is 8.27. The summed E-state index contributed by atoms with van der Waals surface area (Å²) in [5, 5.41) is 4.52. The van der Waals surface area contributed by atoms with Gasteiger partial charge in [-0.05, 0) is 25.3 Å². The Labute approximate surface area is 113 Å². The van der Waals surface area contributed by atoms with E-state index in [1.165, 1.54) is 22.9 Å². The van der Waals surface area contributed by atoms with Gasteiger partial charge in [0.25, 0.3) is 0 Å². The van der Waals surface area contributed by atoms with Crippen LogP contribution in [0.3, 0.4) is 0 Å². The molecule has 1 aliphatic heterocycles. The van der Waals surface area contributed by atoms with Crippen molar-refractivity contribution in [3.63, 3.8) is 0 Å². The molecule has 4 nitrogen and oxygen atoms in total. The first-order valence-corrected chi connectivity index (χ1v) is 7.54. The average molecular weight is 269 g/mol. The van der Waals surface area contributed by atoms with Crippen LogP contribution < -0.4 is 10.2 Å². The van der Waals surface area contributed by atoms with Gasteiger partial charge in [-0.25, -0.2) is 4.98 Å². The molecule has 18 heavy (non-hydrogen) atoms. The Morgan fingerprint density at radius 2 is 2.28 bits per heavy atom. The number of nitrogens with one attached hydrogen (secondary N) is 1. The van der Waals surface area contributed by atoms with Gasteiger partial charge in [0, 0.05) is 44.4 Å². The molecule has 1 N–H and O–H groups in total. The van der Waals surface area contributed by atoms with Gasteiger partial charge in [-0.3, -0.25) is 0 Å². The molecule has 0 aromatic carbocycles. The fourth-order valence-corrected chi connectivity index (χ4v) is 3.23. The molecular weight excluding hydrogens is 246 g/mol. The van der Waals surface area contributed by atoms with E-state index in [4.69, 9.17) is 4.74 Å². The van der Waals surface area contributed by atoms with Crippen LogP contribution >= 0.6 is 11.3 Å². The van der Waals surface area contributed by atoms with Crippen molar-refractivity contribution in [2.45, 2.75) is 26.3 Å². The third-order valence-corrected chi connectivity index (χ3v) is 4.44. The number of aromatic nitrogens is 1. The van der Waals surface area contributed by atoms with E-state index in [9.17, 15) is 0 Å². The van der Waals surface area contributed by atoms with E-state index in [2.05, 4.69) is 22.1 Å². The quantitative estimate of drug-likeness (QED) is 0.858. The highest BCUT2D eigenvalue weighted by atomic mass is 32.1. The van der Waals surface area contributed by atoms with Crippen molar-refractivity contribution in [3.05, 3.63) is 11.1 Å². The van der Waals surface area contributed by atoms with Crippen LogP contribution in [0.4, 0.5) is 5.13 Å². The molecule has 1 aromatic heterocycles. The maximum absolute atomic E-state index is 5.23. The summed E-state index contributed by atoms with van der Waals surface area (Å²) in [7, 11) is 1.79. The van der Waals surface area contributed by atoms with E-state index in [1.807, 2.05) is 17.5 Å². The molecule has 0 radical (unpaired) electrons. The van der Waals surface area contributed by atoms with Crippen LogP contribution in [-0.2, 0) is 11.3 Å². The highest BCUT2D eigenvalue weighted by Gasteiger charge is 2.20. The molecule has 1 fully saturated rings. The van der Waals surface area contributed by atoms with Gasteiger partial charge >= 0.3 is 0 Å². The Morgan fingerprint density at radius 1 is 1.50 bits per heavy atom. The Balaban J connectivity index is 1.83. The summed E-state index contributed by atoms with van der Waals surface area (Å²) < 4.78 is 5.23. The van der Waals surface area contributed by atoms with Crippen molar-refractivity contribution < 1.29 is 4.74 Å². The van der Waals surface area contributed by atoms with E-state index >= 15 is 0 Å². The van der Waals surface area contributed by atoms with Gasteiger partial charge < -0.3 is 15.0 Å². The summed E-state index contributed by atoms with van der Waals surface area (Å²) >= 11 is 1.81. The second-order valence-electron chi connectivity index (χ2n) is 4.78. The van der Waals surface area contributed by atoms with Crippen molar-refractivity contribution in [2.24, 2.45) is 5.92 Å². The van der Waals surface area contributed by atoms with E-state index in [0.29, 0.717) is 0 Å². The molecule has 1 saturated heterocycles. The van der Waals surface area contributed by atoms with Crippen LogP contribution in [0.1, 0.15) is 24.6 Å². The molecular formula is C13H23N3OS. The highest BCUT2D eigenvalue weighted by Crippen LogP contribution is 2.27. The first-order chi connectivity index (χ1) is 8.83. The van der Waals surface area contributed by atoms with Crippen molar-refractivity contribution in [1.29, 1.82) is 0 Å². The minimum atomic E-state index is 0.729. The van der Waals surface area contributed by atoms with Gasteiger partial charge in [0.15, 0.2) is 5.13 Å². The zero-order valence-electron chi connectivity index (χ0n) is 11.3. The number of thiazole rings is 1. The number of ether oxygens (including phenoxy) is 1. The van der Waals surface area contributed by atoms with Crippen molar-refractivity contribution in [3.8, 4) is 0 Å². The van der Waals surface area contributed by atoms with Crippen LogP contribution in [0.25, 0.3) is 0 Å². The molecule has 5 heteroatoms. The van der Waals surface area contributed by atoms with Gasteiger partial charge in [-0.1, -0.05) is 6.92 Å². The number of nitrogens with zero attached hydrogens (tertiary/aromatic N) is 2. The molecule has 0 atom stereocenters. The van der Waals surface area contributed by atoms with Crippen molar-refractivity contribution >= 4 is 16.5 Å². The van der Waals surface area contributed by atoms with Crippen LogP contribution in [-0.4, -0.2) is 38.3 Å².